The lowest BCUT2D eigenvalue weighted by molar-refractivity contribution is -0.137. The van der Waals surface area contributed by atoms with Crippen LogP contribution in [0.15, 0.2) is 24.4 Å². The van der Waals surface area contributed by atoms with Gasteiger partial charge in [0.15, 0.2) is 5.82 Å². The lowest BCUT2D eigenvalue weighted by atomic mass is 10.2. The van der Waals surface area contributed by atoms with E-state index in [9.17, 15) is 18.0 Å². The van der Waals surface area contributed by atoms with E-state index in [1.54, 1.807) is 0 Å². The third-order valence-corrected chi connectivity index (χ3v) is 2.94. The molecule has 1 aromatic carbocycles. The van der Waals surface area contributed by atoms with Gasteiger partial charge in [0, 0.05) is 6.20 Å². The molecule has 3 rings (SSSR count). The number of hydrogen-bond donors (Lipinski definition) is 3. The summed E-state index contributed by atoms with van der Waals surface area (Å²) in [5, 5.41) is 6.30. The molecule has 0 spiro atoms. The number of nitrogens with zero attached hydrogens (tertiary/aromatic N) is 2. The van der Waals surface area contributed by atoms with E-state index in [2.05, 4.69) is 20.2 Å². The number of carbonyl (C=O) groups is 1. The van der Waals surface area contributed by atoms with Crippen LogP contribution >= 0.6 is 0 Å². The number of primary amides is 1. The van der Waals surface area contributed by atoms with E-state index >= 15 is 0 Å². The summed E-state index contributed by atoms with van der Waals surface area (Å²) < 4.78 is 37.9. The van der Waals surface area contributed by atoms with Crippen molar-refractivity contribution in [2.24, 2.45) is 5.73 Å². The van der Waals surface area contributed by atoms with Crippen molar-refractivity contribution in [3.63, 3.8) is 0 Å². The van der Waals surface area contributed by atoms with E-state index in [0.29, 0.717) is 5.52 Å². The number of nitrogens with two attached hydrogens (primary N) is 1. The normalized spacial score (nSPS) is 12.0. The largest absolute Gasteiger partial charge is 0.416 e. The van der Waals surface area contributed by atoms with Crippen molar-refractivity contribution in [1.29, 1.82) is 0 Å². The molecule has 0 aliphatic heterocycles. The van der Waals surface area contributed by atoms with Gasteiger partial charge in [-0.1, -0.05) is 0 Å². The van der Waals surface area contributed by atoms with Crippen LogP contribution in [-0.2, 0) is 6.18 Å². The summed E-state index contributed by atoms with van der Waals surface area (Å²) >= 11 is 0. The molecule has 0 saturated heterocycles. The SMILES string of the molecule is NC(=O)c1c[nH]nc1-c1nc2cc(C(F)(F)F)ccc2[nH]1. The quantitative estimate of drug-likeness (QED) is 0.674. The number of rotatable bonds is 2. The van der Waals surface area contributed by atoms with Crippen molar-refractivity contribution in [3.05, 3.63) is 35.5 Å². The van der Waals surface area contributed by atoms with Crippen molar-refractivity contribution < 1.29 is 18.0 Å². The Bertz CT molecular complexity index is 833. The molecule has 4 N–H and O–H groups in total. The van der Waals surface area contributed by atoms with Gasteiger partial charge in [-0.2, -0.15) is 18.3 Å². The Balaban J connectivity index is 2.13. The van der Waals surface area contributed by atoms with E-state index in [4.69, 9.17) is 5.73 Å². The molecular weight excluding hydrogens is 287 g/mol. The first kappa shape index (κ1) is 13.2. The van der Waals surface area contributed by atoms with E-state index in [0.717, 1.165) is 12.1 Å². The van der Waals surface area contributed by atoms with Gasteiger partial charge in [0.2, 0.25) is 0 Å². The summed E-state index contributed by atoms with van der Waals surface area (Å²) in [6, 6.07) is 3.14. The first-order valence-electron chi connectivity index (χ1n) is 5.77. The second-order valence-corrected chi connectivity index (χ2v) is 4.33. The summed E-state index contributed by atoms with van der Waals surface area (Å²) in [5.74, 6) is -0.547. The van der Waals surface area contributed by atoms with Crippen LogP contribution in [-0.4, -0.2) is 26.1 Å². The highest BCUT2D eigenvalue weighted by atomic mass is 19.4. The third kappa shape index (κ3) is 2.22. The molecule has 9 heteroatoms. The van der Waals surface area contributed by atoms with E-state index in [-0.39, 0.29) is 22.6 Å². The number of nitrogens with one attached hydrogen (secondary N) is 2. The van der Waals surface area contributed by atoms with E-state index in [1.807, 2.05) is 0 Å². The zero-order valence-corrected chi connectivity index (χ0v) is 10.3. The fraction of sp³-hybridized carbons (Fsp3) is 0.0833. The molecule has 0 unspecified atom stereocenters. The monoisotopic (exact) mass is 295 g/mol. The van der Waals surface area contributed by atoms with Gasteiger partial charge in [-0.3, -0.25) is 9.89 Å². The van der Waals surface area contributed by atoms with Gasteiger partial charge in [-0.25, -0.2) is 4.98 Å². The maximum Gasteiger partial charge on any atom is 0.416 e. The number of aromatic nitrogens is 4. The number of fused-ring (bicyclic) bond motifs is 1. The summed E-state index contributed by atoms with van der Waals surface area (Å²) in [6.45, 7) is 0. The standard InChI is InChI=1S/C12H8F3N5O/c13-12(14,15)5-1-2-7-8(3-5)19-11(18-7)9-6(10(16)21)4-17-20-9/h1-4H,(H2,16,21)(H,17,20)(H,18,19). The van der Waals surface area contributed by atoms with Crippen LogP contribution in [0.2, 0.25) is 0 Å². The van der Waals surface area contributed by atoms with Crippen LogP contribution in [0, 0.1) is 0 Å². The summed E-state index contributed by atoms with van der Waals surface area (Å²) in [5.41, 5.74) is 5.17. The Morgan fingerprint density at radius 3 is 2.71 bits per heavy atom. The number of aromatic amines is 2. The number of carbonyl (C=O) groups excluding carboxylic acids is 1. The van der Waals surface area contributed by atoms with Gasteiger partial charge in [-0.15, -0.1) is 0 Å². The number of H-pyrrole nitrogens is 2. The van der Waals surface area contributed by atoms with Crippen molar-refractivity contribution in [2.75, 3.05) is 0 Å². The molecule has 0 fully saturated rings. The molecule has 0 atom stereocenters. The number of amides is 1. The minimum absolute atomic E-state index is 0.102. The molecule has 0 bridgehead atoms. The molecule has 108 valence electrons. The van der Waals surface area contributed by atoms with Gasteiger partial charge in [-0.05, 0) is 18.2 Å². The molecule has 0 saturated carbocycles. The number of imidazole rings is 1. The number of alkyl halides is 3. The Morgan fingerprint density at radius 1 is 1.29 bits per heavy atom. The highest BCUT2D eigenvalue weighted by Gasteiger charge is 2.31. The zero-order valence-electron chi connectivity index (χ0n) is 10.3. The topological polar surface area (TPSA) is 100 Å². The highest BCUT2D eigenvalue weighted by Crippen LogP contribution is 2.31. The smallest absolute Gasteiger partial charge is 0.365 e. The maximum absolute atomic E-state index is 12.6. The van der Waals surface area contributed by atoms with Gasteiger partial charge in [0.05, 0.1) is 22.2 Å². The second-order valence-electron chi connectivity index (χ2n) is 4.33. The minimum atomic E-state index is -4.45. The third-order valence-electron chi connectivity index (χ3n) is 2.94. The first-order valence-corrected chi connectivity index (χ1v) is 5.77. The highest BCUT2D eigenvalue weighted by molar-refractivity contribution is 5.98. The van der Waals surface area contributed by atoms with Crippen molar-refractivity contribution in [2.45, 2.75) is 6.18 Å². The molecule has 21 heavy (non-hydrogen) atoms. The first-order chi connectivity index (χ1) is 9.86. The predicted molar refractivity (Wildman–Crippen MR) is 67.2 cm³/mol. The summed E-state index contributed by atoms with van der Waals surface area (Å²) in [4.78, 5) is 18.1. The number of halogens is 3. The van der Waals surface area contributed by atoms with Crippen LogP contribution in [0.3, 0.4) is 0 Å². The molecule has 2 aromatic heterocycles. The molecular formula is C12H8F3N5O. The Morgan fingerprint density at radius 2 is 2.05 bits per heavy atom. The lowest BCUT2D eigenvalue weighted by Gasteiger charge is -2.04. The van der Waals surface area contributed by atoms with Crippen LogP contribution in [0.1, 0.15) is 15.9 Å². The molecule has 0 aliphatic carbocycles. The molecule has 3 aromatic rings. The van der Waals surface area contributed by atoms with Crippen LogP contribution < -0.4 is 5.73 Å². The molecule has 0 aliphatic rings. The van der Waals surface area contributed by atoms with Crippen molar-refractivity contribution in [1.82, 2.24) is 20.2 Å². The molecule has 0 radical (unpaired) electrons. The van der Waals surface area contributed by atoms with Gasteiger partial charge >= 0.3 is 6.18 Å². The fourth-order valence-corrected chi connectivity index (χ4v) is 1.95. The molecule has 6 nitrogen and oxygen atoms in total. The molecule has 1 amide bonds. The van der Waals surface area contributed by atoms with E-state index in [1.165, 1.54) is 12.3 Å². The number of benzene rings is 1. The number of hydrogen-bond acceptors (Lipinski definition) is 3. The zero-order chi connectivity index (χ0) is 15.2. The Labute approximate surface area is 115 Å². The summed E-state index contributed by atoms with van der Waals surface area (Å²) in [6.07, 6.45) is -3.15. The Kier molecular flexibility index (Phi) is 2.71. The van der Waals surface area contributed by atoms with Crippen molar-refractivity contribution >= 4 is 16.9 Å². The average molecular weight is 295 g/mol. The Hall–Kier alpha value is -2.84. The minimum Gasteiger partial charge on any atom is -0.365 e. The predicted octanol–water partition coefficient (Wildman–Crippen LogP) is 2.07. The van der Waals surface area contributed by atoms with Crippen LogP contribution in [0.5, 0.6) is 0 Å². The van der Waals surface area contributed by atoms with Crippen molar-refractivity contribution in [3.8, 4) is 11.5 Å². The van der Waals surface area contributed by atoms with Gasteiger partial charge < -0.3 is 10.7 Å². The van der Waals surface area contributed by atoms with Crippen LogP contribution in [0.4, 0.5) is 13.2 Å². The summed E-state index contributed by atoms with van der Waals surface area (Å²) in [7, 11) is 0. The molecule has 2 heterocycles. The fourth-order valence-electron chi connectivity index (χ4n) is 1.95. The second kappa shape index (κ2) is 4.33. The van der Waals surface area contributed by atoms with E-state index < -0.39 is 17.6 Å². The average Bonchev–Trinajstić information content (AvgIpc) is 3.02. The maximum atomic E-state index is 12.6. The van der Waals surface area contributed by atoms with Gasteiger partial charge in [0.1, 0.15) is 5.69 Å². The lowest BCUT2D eigenvalue weighted by Crippen LogP contribution is -2.11. The van der Waals surface area contributed by atoms with Crippen LogP contribution in [0.25, 0.3) is 22.6 Å². The van der Waals surface area contributed by atoms with Gasteiger partial charge in [0.25, 0.3) is 5.91 Å².